The quantitative estimate of drug-likeness (QED) is 0.738. The van der Waals surface area contributed by atoms with Crippen molar-refractivity contribution in [3.05, 3.63) is 65.2 Å². The van der Waals surface area contributed by atoms with E-state index in [2.05, 4.69) is 52.4 Å². The number of hydrogen-bond donors (Lipinski definition) is 2. The van der Waals surface area contributed by atoms with E-state index in [1.165, 1.54) is 24.0 Å². The summed E-state index contributed by atoms with van der Waals surface area (Å²) < 4.78 is 5.34. The van der Waals surface area contributed by atoms with Gasteiger partial charge in [-0.2, -0.15) is 0 Å². The predicted octanol–water partition coefficient (Wildman–Crippen LogP) is 3.57. The highest BCUT2D eigenvalue weighted by Crippen LogP contribution is 2.18. The molecular formula is C25H32N2O2. The summed E-state index contributed by atoms with van der Waals surface area (Å²) in [6.45, 7) is 7.41. The third-order valence-electron chi connectivity index (χ3n) is 5.11. The molecule has 0 amide bonds. The van der Waals surface area contributed by atoms with Gasteiger partial charge in [-0.1, -0.05) is 36.1 Å². The zero-order valence-corrected chi connectivity index (χ0v) is 17.7. The van der Waals surface area contributed by atoms with Crippen molar-refractivity contribution in [1.82, 2.24) is 10.2 Å². The highest BCUT2D eigenvalue weighted by molar-refractivity contribution is 5.37. The first-order chi connectivity index (χ1) is 13.9. The fourth-order valence-corrected chi connectivity index (χ4v) is 3.59. The average Bonchev–Trinajstić information content (AvgIpc) is 2.71. The molecule has 29 heavy (non-hydrogen) atoms. The van der Waals surface area contributed by atoms with E-state index in [9.17, 15) is 5.11 Å². The normalized spacial score (nSPS) is 17.4. The third-order valence-corrected chi connectivity index (χ3v) is 5.11. The summed E-state index contributed by atoms with van der Waals surface area (Å²) in [5, 5.41) is 13.4. The molecule has 0 spiro atoms. The lowest BCUT2D eigenvalue weighted by molar-refractivity contribution is 0.143. The molecule has 1 unspecified atom stereocenters. The van der Waals surface area contributed by atoms with Crippen molar-refractivity contribution in [3.63, 3.8) is 0 Å². The van der Waals surface area contributed by atoms with Crippen molar-refractivity contribution in [1.29, 1.82) is 0 Å². The van der Waals surface area contributed by atoms with Crippen LogP contribution in [0.2, 0.25) is 0 Å². The summed E-state index contributed by atoms with van der Waals surface area (Å²) in [6, 6.07) is 17.1. The summed E-state index contributed by atoms with van der Waals surface area (Å²) in [5.41, 5.74) is 2.52. The van der Waals surface area contributed by atoms with Crippen molar-refractivity contribution in [3.8, 4) is 17.6 Å². The van der Waals surface area contributed by atoms with Crippen LogP contribution in [-0.2, 0) is 13.1 Å². The van der Waals surface area contributed by atoms with Crippen LogP contribution in [0, 0.1) is 11.8 Å². The van der Waals surface area contributed by atoms with Gasteiger partial charge in [-0.3, -0.25) is 4.90 Å². The Bertz CT molecular complexity index is 844. The number of methoxy groups -OCH3 is 1. The first kappa shape index (κ1) is 21.4. The van der Waals surface area contributed by atoms with Gasteiger partial charge in [0.05, 0.1) is 7.11 Å². The molecule has 4 heteroatoms. The van der Waals surface area contributed by atoms with Gasteiger partial charge < -0.3 is 15.2 Å². The van der Waals surface area contributed by atoms with Crippen LogP contribution in [0.5, 0.6) is 5.75 Å². The van der Waals surface area contributed by atoms with Crippen molar-refractivity contribution in [2.45, 2.75) is 51.4 Å². The zero-order valence-electron chi connectivity index (χ0n) is 17.7. The fraction of sp³-hybridized carbons (Fsp3) is 0.440. The van der Waals surface area contributed by atoms with Gasteiger partial charge in [0, 0.05) is 31.2 Å². The van der Waals surface area contributed by atoms with Gasteiger partial charge in [0.1, 0.15) is 11.4 Å². The SMILES string of the molecule is COc1cccc(CN2CCCC(NCc3ccc(C#CC(C)(C)O)cc3)C2)c1. The molecule has 2 N–H and O–H groups in total. The largest absolute Gasteiger partial charge is 0.497 e. The minimum Gasteiger partial charge on any atom is -0.497 e. The smallest absolute Gasteiger partial charge is 0.120 e. The molecule has 2 aromatic rings. The predicted molar refractivity (Wildman–Crippen MR) is 118 cm³/mol. The lowest BCUT2D eigenvalue weighted by atomic mass is 10.0. The second-order valence-electron chi connectivity index (χ2n) is 8.31. The molecule has 0 radical (unpaired) electrons. The van der Waals surface area contributed by atoms with Crippen LogP contribution in [0.1, 0.15) is 43.4 Å². The van der Waals surface area contributed by atoms with Crippen molar-refractivity contribution in [2.75, 3.05) is 20.2 Å². The standard InChI is InChI=1S/C25H32N2O2/c1-25(2,28)14-13-20-9-11-21(12-10-20)17-26-23-7-5-15-27(19-23)18-22-6-4-8-24(16-22)29-3/h4,6,8-12,16,23,26,28H,5,7,15,17-19H2,1-3H3. The summed E-state index contributed by atoms with van der Waals surface area (Å²) in [7, 11) is 1.71. The van der Waals surface area contributed by atoms with Gasteiger partial charge in [-0.15, -0.1) is 0 Å². The molecule has 154 valence electrons. The number of hydrogen-bond acceptors (Lipinski definition) is 4. The first-order valence-corrected chi connectivity index (χ1v) is 10.3. The molecule has 2 aromatic carbocycles. The number of likely N-dealkylation sites (tertiary alicyclic amines) is 1. The van der Waals surface area contributed by atoms with Gasteiger partial charge in [-0.25, -0.2) is 0 Å². The summed E-state index contributed by atoms with van der Waals surface area (Å²) in [4.78, 5) is 2.52. The minimum atomic E-state index is -0.960. The highest BCUT2D eigenvalue weighted by Gasteiger charge is 2.19. The second-order valence-corrected chi connectivity index (χ2v) is 8.31. The van der Waals surface area contributed by atoms with Crippen LogP contribution < -0.4 is 10.1 Å². The zero-order chi connectivity index (χ0) is 20.7. The molecule has 1 atom stereocenters. The molecule has 0 aromatic heterocycles. The molecule has 0 bridgehead atoms. The maximum absolute atomic E-state index is 9.71. The van der Waals surface area contributed by atoms with Crippen molar-refractivity contribution in [2.24, 2.45) is 0 Å². The molecule has 1 aliphatic heterocycles. The molecule has 1 aliphatic rings. The van der Waals surface area contributed by atoms with Crippen molar-refractivity contribution < 1.29 is 9.84 Å². The Balaban J connectivity index is 1.49. The number of ether oxygens (including phenoxy) is 1. The summed E-state index contributed by atoms with van der Waals surface area (Å²) in [6.07, 6.45) is 2.43. The Morgan fingerprint density at radius 1 is 1.17 bits per heavy atom. The van der Waals surface area contributed by atoms with Crippen LogP contribution >= 0.6 is 0 Å². The first-order valence-electron chi connectivity index (χ1n) is 10.3. The van der Waals surface area contributed by atoms with Crippen LogP contribution in [0.3, 0.4) is 0 Å². The number of benzene rings is 2. The van der Waals surface area contributed by atoms with Gasteiger partial charge in [-0.05, 0) is 68.6 Å². The van der Waals surface area contributed by atoms with Crippen molar-refractivity contribution >= 4 is 0 Å². The number of nitrogens with one attached hydrogen (secondary N) is 1. The van der Waals surface area contributed by atoms with E-state index in [1.807, 2.05) is 18.2 Å². The van der Waals surface area contributed by atoms with Crippen LogP contribution in [0.15, 0.2) is 48.5 Å². The minimum absolute atomic E-state index is 0.504. The number of nitrogens with zero attached hydrogens (tertiary/aromatic N) is 1. The molecular weight excluding hydrogens is 360 g/mol. The van der Waals surface area contributed by atoms with Gasteiger partial charge >= 0.3 is 0 Å². The Kier molecular flexibility index (Phi) is 7.33. The number of aliphatic hydroxyl groups is 1. The maximum Gasteiger partial charge on any atom is 0.120 e. The Hall–Kier alpha value is -2.32. The van der Waals surface area contributed by atoms with E-state index in [0.29, 0.717) is 6.04 Å². The maximum atomic E-state index is 9.71. The molecule has 0 saturated carbocycles. The molecule has 1 saturated heterocycles. The molecule has 3 rings (SSSR count). The Labute approximate surface area is 174 Å². The van der Waals surface area contributed by atoms with E-state index in [0.717, 1.165) is 37.5 Å². The highest BCUT2D eigenvalue weighted by atomic mass is 16.5. The Morgan fingerprint density at radius 3 is 2.69 bits per heavy atom. The van der Waals surface area contributed by atoms with E-state index < -0.39 is 5.60 Å². The fourth-order valence-electron chi connectivity index (χ4n) is 3.59. The Morgan fingerprint density at radius 2 is 1.97 bits per heavy atom. The monoisotopic (exact) mass is 392 g/mol. The van der Waals surface area contributed by atoms with Gasteiger partial charge in [0.2, 0.25) is 0 Å². The van der Waals surface area contributed by atoms with Crippen LogP contribution in [-0.4, -0.2) is 41.8 Å². The lowest BCUT2D eigenvalue weighted by Crippen LogP contribution is -2.45. The van der Waals surface area contributed by atoms with Gasteiger partial charge in [0.25, 0.3) is 0 Å². The van der Waals surface area contributed by atoms with E-state index in [-0.39, 0.29) is 0 Å². The number of rotatable bonds is 6. The molecule has 1 heterocycles. The molecule has 1 fully saturated rings. The van der Waals surface area contributed by atoms with E-state index in [4.69, 9.17) is 4.74 Å². The second kappa shape index (κ2) is 9.93. The third kappa shape index (κ3) is 7.21. The molecule has 0 aliphatic carbocycles. The topological polar surface area (TPSA) is 44.7 Å². The summed E-state index contributed by atoms with van der Waals surface area (Å²) >= 11 is 0. The lowest BCUT2D eigenvalue weighted by Gasteiger charge is -2.33. The van der Waals surface area contributed by atoms with Crippen LogP contribution in [0.25, 0.3) is 0 Å². The van der Waals surface area contributed by atoms with E-state index >= 15 is 0 Å². The van der Waals surface area contributed by atoms with E-state index in [1.54, 1.807) is 21.0 Å². The summed E-state index contributed by atoms with van der Waals surface area (Å²) in [5.74, 6) is 6.79. The van der Waals surface area contributed by atoms with Crippen LogP contribution in [0.4, 0.5) is 0 Å². The number of piperidine rings is 1. The average molecular weight is 393 g/mol. The molecule has 4 nitrogen and oxygen atoms in total. The van der Waals surface area contributed by atoms with Gasteiger partial charge in [0.15, 0.2) is 0 Å².